The molecule has 0 bridgehead atoms. The number of likely N-dealkylation sites (N-methyl/N-ethyl adjacent to an activating group) is 1. The van der Waals surface area contributed by atoms with Crippen LogP contribution < -0.4 is 0 Å². The van der Waals surface area contributed by atoms with Gasteiger partial charge in [-0.2, -0.15) is 4.31 Å². The predicted octanol–water partition coefficient (Wildman–Crippen LogP) is 1.54. The van der Waals surface area contributed by atoms with Crippen LogP contribution in [0.3, 0.4) is 0 Å². The smallest absolute Gasteiger partial charge is 0.273 e. The summed E-state index contributed by atoms with van der Waals surface area (Å²) in [5.41, 5.74) is 0.963. The fraction of sp³-hybridized carbons (Fsp3) is 0.571. The molecule has 1 fully saturated rings. The van der Waals surface area contributed by atoms with Crippen LogP contribution in [0.1, 0.15) is 18.1 Å². The molecule has 0 atom stereocenters. The van der Waals surface area contributed by atoms with Crippen molar-refractivity contribution >= 4 is 15.7 Å². The summed E-state index contributed by atoms with van der Waals surface area (Å²) in [4.78, 5) is 12.8. The van der Waals surface area contributed by atoms with E-state index in [1.54, 1.807) is 13.8 Å². The number of benzene rings is 1. The molecule has 1 saturated heterocycles. The minimum atomic E-state index is -3.69. The number of rotatable bonds is 4. The number of hydrogen-bond acceptors (Lipinski definition) is 5. The van der Waals surface area contributed by atoms with E-state index in [4.69, 9.17) is 0 Å². The van der Waals surface area contributed by atoms with Crippen LogP contribution in [0.15, 0.2) is 17.0 Å². The summed E-state index contributed by atoms with van der Waals surface area (Å²) < 4.78 is 26.8. The first kappa shape index (κ1) is 16.9. The van der Waals surface area contributed by atoms with Crippen molar-refractivity contribution < 1.29 is 13.3 Å². The van der Waals surface area contributed by atoms with E-state index in [9.17, 15) is 18.5 Å². The molecule has 0 unspecified atom stereocenters. The first-order valence-corrected chi connectivity index (χ1v) is 8.69. The van der Waals surface area contributed by atoms with Crippen molar-refractivity contribution in [1.29, 1.82) is 0 Å². The third-order valence-corrected chi connectivity index (χ3v) is 6.10. The summed E-state index contributed by atoms with van der Waals surface area (Å²) in [5, 5.41) is 11.1. The van der Waals surface area contributed by atoms with Crippen molar-refractivity contribution in [1.82, 2.24) is 9.21 Å². The van der Waals surface area contributed by atoms with Crippen molar-refractivity contribution in [2.45, 2.75) is 25.7 Å². The van der Waals surface area contributed by atoms with Crippen molar-refractivity contribution in [3.05, 3.63) is 33.4 Å². The fourth-order valence-electron chi connectivity index (χ4n) is 2.58. The van der Waals surface area contributed by atoms with E-state index in [2.05, 4.69) is 4.90 Å². The molecule has 1 aliphatic rings. The number of nitro groups is 1. The van der Waals surface area contributed by atoms with Gasteiger partial charge in [-0.25, -0.2) is 8.42 Å². The van der Waals surface area contributed by atoms with E-state index in [0.717, 1.165) is 6.54 Å². The fourth-order valence-corrected chi connectivity index (χ4v) is 4.11. The van der Waals surface area contributed by atoms with Gasteiger partial charge in [-0.3, -0.25) is 10.1 Å². The topological polar surface area (TPSA) is 83.8 Å². The maximum atomic E-state index is 12.7. The van der Waals surface area contributed by atoms with Crippen LogP contribution in [0.25, 0.3) is 0 Å². The van der Waals surface area contributed by atoms with Gasteiger partial charge in [-0.15, -0.1) is 0 Å². The Balaban J connectivity index is 2.36. The number of nitro benzene ring substituents is 1. The second kappa shape index (κ2) is 6.31. The second-order valence-electron chi connectivity index (χ2n) is 5.48. The zero-order valence-corrected chi connectivity index (χ0v) is 13.9. The van der Waals surface area contributed by atoms with Gasteiger partial charge >= 0.3 is 0 Å². The highest BCUT2D eigenvalue weighted by Crippen LogP contribution is 2.28. The van der Waals surface area contributed by atoms with Crippen molar-refractivity contribution in [3.8, 4) is 0 Å². The molecule has 0 aliphatic carbocycles. The number of sulfonamides is 1. The van der Waals surface area contributed by atoms with Crippen LogP contribution in [0.5, 0.6) is 0 Å². The molecule has 1 aromatic rings. The maximum absolute atomic E-state index is 12.7. The van der Waals surface area contributed by atoms with Gasteiger partial charge < -0.3 is 4.90 Å². The first-order chi connectivity index (χ1) is 10.3. The van der Waals surface area contributed by atoms with Gasteiger partial charge in [-0.1, -0.05) is 6.92 Å². The Bertz CT molecular complexity index is 680. The van der Waals surface area contributed by atoms with Crippen LogP contribution in [0.4, 0.5) is 5.69 Å². The Morgan fingerprint density at radius 1 is 1.18 bits per heavy atom. The summed E-state index contributed by atoms with van der Waals surface area (Å²) in [6, 6.07) is 2.69. The Morgan fingerprint density at radius 3 is 2.27 bits per heavy atom. The zero-order chi connectivity index (χ0) is 16.5. The van der Waals surface area contributed by atoms with Gasteiger partial charge in [0.25, 0.3) is 5.69 Å². The van der Waals surface area contributed by atoms with E-state index in [0.29, 0.717) is 37.3 Å². The van der Waals surface area contributed by atoms with Crippen molar-refractivity contribution in [2.24, 2.45) is 0 Å². The molecule has 0 saturated carbocycles. The summed E-state index contributed by atoms with van der Waals surface area (Å²) >= 11 is 0. The van der Waals surface area contributed by atoms with E-state index in [1.165, 1.54) is 16.4 Å². The Morgan fingerprint density at radius 2 is 1.77 bits per heavy atom. The largest absolute Gasteiger partial charge is 0.301 e. The molecule has 22 heavy (non-hydrogen) atoms. The molecule has 1 aromatic carbocycles. The average Bonchev–Trinajstić information content (AvgIpc) is 2.49. The highest BCUT2D eigenvalue weighted by molar-refractivity contribution is 7.89. The van der Waals surface area contributed by atoms with Gasteiger partial charge in [0.2, 0.25) is 10.0 Å². The molecule has 1 heterocycles. The molecule has 0 N–H and O–H groups in total. The van der Waals surface area contributed by atoms with Crippen LogP contribution >= 0.6 is 0 Å². The van der Waals surface area contributed by atoms with Crippen LogP contribution in [-0.4, -0.2) is 55.3 Å². The monoisotopic (exact) mass is 327 g/mol. The lowest BCUT2D eigenvalue weighted by Gasteiger charge is -2.33. The van der Waals surface area contributed by atoms with Gasteiger partial charge in [0, 0.05) is 37.8 Å². The van der Waals surface area contributed by atoms with E-state index in [1.807, 2.05) is 6.92 Å². The molecule has 0 radical (unpaired) electrons. The van der Waals surface area contributed by atoms with Crippen LogP contribution in [-0.2, 0) is 10.0 Å². The quantitative estimate of drug-likeness (QED) is 0.619. The molecule has 1 aliphatic heterocycles. The summed E-state index contributed by atoms with van der Waals surface area (Å²) in [5.74, 6) is 0. The van der Waals surface area contributed by atoms with Gasteiger partial charge in [-0.05, 0) is 32.0 Å². The van der Waals surface area contributed by atoms with E-state index < -0.39 is 14.9 Å². The minimum Gasteiger partial charge on any atom is -0.301 e. The Kier molecular flexibility index (Phi) is 4.84. The molecule has 2 rings (SSSR count). The highest BCUT2D eigenvalue weighted by atomic mass is 32.2. The maximum Gasteiger partial charge on any atom is 0.273 e. The normalized spacial score (nSPS) is 17.6. The molecule has 122 valence electrons. The summed E-state index contributed by atoms with van der Waals surface area (Å²) in [6.45, 7) is 8.44. The van der Waals surface area contributed by atoms with Gasteiger partial charge in [0.1, 0.15) is 0 Å². The van der Waals surface area contributed by atoms with Crippen LogP contribution in [0, 0.1) is 24.0 Å². The van der Waals surface area contributed by atoms with Crippen molar-refractivity contribution in [3.63, 3.8) is 0 Å². The molecular weight excluding hydrogens is 306 g/mol. The average molecular weight is 327 g/mol. The number of nitrogens with zero attached hydrogens (tertiary/aromatic N) is 3. The highest BCUT2D eigenvalue weighted by Gasteiger charge is 2.30. The predicted molar refractivity (Wildman–Crippen MR) is 83.4 cm³/mol. The molecule has 0 aromatic heterocycles. The van der Waals surface area contributed by atoms with Gasteiger partial charge in [0.05, 0.1) is 9.82 Å². The van der Waals surface area contributed by atoms with E-state index in [-0.39, 0.29) is 10.6 Å². The first-order valence-electron chi connectivity index (χ1n) is 7.25. The number of aryl methyl sites for hydroxylation is 1. The zero-order valence-electron chi connectivity index (χ0n) is 13.1. The van der Waals surface area contributed by atoms with E-state index >= 15 is 0 Å². The second-order valence-corrected chi connectivity index (χ2v) is 7.42. The molecule has 0 amide bonds. The van der Waals surface area contributed by atoms with Gasteiger partial charge in [0.15, 0.2) is 0 Å². The lowest BCUT2D eigenvalue weighted by molar-refractivity contribution is -0.385. The number of piperazine rings is 1. The van der Waals surface area contributed by atoms with Crippen molar-refractivity contribution in [2.75, 3.05) is 32.7 Å². The third-order valence-electron chi connectivity index (χ3n) is 4.23. The standard InChI is InChI=1S/C14H21N3O4S/c1-4-15-5-7-16(8-6-15)22(20,21)13-9-11(2)12(3)14(10-13)17(18)19/h9-10H,4-8H2,1-3H3. The number of hydrogen-bond donors (Lipinski definition) is 0. The SMILES string of the molecule is CCN1CCN(S(=O)(=O)c2cc(C)c(C)c([N+](=O)[O-])c2)CC1. The molecule has 0 spiro atoms. The molecular formula is C14H21N3O4S. The van der Waals surface area contributed by atoms with Crippen LogP contribution in [0.2, 0.25) is 0 Å². The summed E-state index contributed by atoms with van der Waals surface area (Å²) in [7, 11) is -3.69. The Hall–Kier alpha value is -1.51. The minimum absolute atomic E-state index is 0.00671. The molecule has 8 heteroatoms. The Labute approximate surface area is 130 Å². The molecule has 7 nitrogen and oxygen atoms in total. The lowest BCUT2D eigenvalue weighted by atomic mass is 10.1. The lowest BCUT2D eigenvalue weighted by Crippen LogP contribution is -2.48. The third kappa shape index (κ3) is 3.13. The summed E-state index contributed by atoms with van der Waals surface area (Å²) in [6.07, 6.45) is 0.